The first-order valence-corrected chi connectivity index (χ1v) is 12.3. The molecule has 4 rings (SSSR count). The van der Waals surface area contributed by atoms with Gasteiger partial charge in [-0.25, -0.2) is 9.37 Å². The van der Waals surface area contributed by atoms with Crippen LogP contribution in [0.1, 0.15) is 34.8 Å². The van der Waals surface area contributed by atoms with Crippen molar-refractivity contribution in [2.24, 2.45) is 0 Å². The van der Waals surface area contributed by atoms with E-state index in [1.54, 1.807) is 28.8 Å². The zero-order valence-corrected chi connectivity index (χ0v) is 20.1. The van der Waals surface area contributed by atoms with Crippen molar-refractivity contribution in [2.45, 2.75) is 30.8 Å². The monoisotopic (exact) mass is 495 g/mol. The van der Waals surface area contributed by atoms with Gasteiger partial charge in [0.05, 0.1) is 17.4 Å². The number of thioether (sulfide) groups is 1. The fraction of sp³-hybridized carbons (Fsp3) is 0.192. The third kappa shape index (κ3) is 5.48. The van der Waals surface area contributed by atoms with Crippen molar-refractivity contribution < 1.29 is 9.18 Å². The molecule has 8 heteroatoms. The highest BCUT2D eigenvalue weighted by molar-refractivity contribution is 7.98. The van der Waals surface area contributed by atoms with Crippen molar-refractivity contribution >= 4 is 40.2 Å². The molecule has 1 amide bonds. The molecule has 5 nitrogen and oxygen atoms in total. The van der Waals surface area contributed by atoms with E-state index >= 15 is 0 Å². The maximum Gasteiger partial charge on any atom is 0.262 e. The van der Waals surface area contributed by atoms with Crippen LogP contribution in [-0.4, -0.2) is 22.0 Å². The van der Waals surface area contributed by atoms with Crippen molar-refractivity contribution in [3.63, 3.8) is 0 Å². The summed E-state index contributed by atoms with van der Waals surface area (Å²) < 4.78 is 15.1. The van der Waals surface area contributed by atoms with Gasteiger partial charge in [-0.15, -0.1) is 0 Å². The number of amides is 1. The van der Waals surface area contributed by atoms with Crippen LogP contribution < -0.4 is 10.9 Å². The lowest BCUT2D eigenvalue weighted by molar-refractivity contribution is 0.0954. The lowest BCUT2D eigenvalue weighted by atomic mass is 10.1. The number of rotatable bonds is 8. The maximum absolute atomic E-state index is 13.5. The number of nitrogens with zero attached hydrogens (tertiary/aromatic N) is 2. The summed E-state index contributed by atoms with van der Waals surface area (Å²) in [4.78, 5) is 30.6. The third-order valence-corrected chi connectivity index (χ3v) is 6.65. The van der Waals surface area contributed by atoms with E-state index < -0.39 is 5.82 Å². The van der Waals surface area contributed by atoms with Gasteiger partial charge in [0.2, 0.25) is 0 Å². The largest absolute Gasteiger partial charge is 0.352 e. The summed E-state index contributed by atoms with van der Waals surface area (Å²) in [6.45, 7) is 2.90. The number of halogens is 2. The van der Waals surface area contributed by atoms with Crippen molar-refractivity contribution in [3.05, 3.63) is 105 Å². The highest BCUT2D eigenvalue weighted by Crippen LogP contribution is 2.27. The first-order chi connectivity index (χ1) is 16.5. The number of hydrogen-bond acceptors (Lipinski definition) is 4. The van der Waals surface area contributed by atoms with Gasteiger partial charge in [0.1, 0.15) is 5.82 Å². The van der Waals surface area contributed by atoms with Crippen LogP contribution >= 0.6 is 23.4 Å². The number of fused-ring (bicyclic) bond motifs is 1. The molecular formula is C26H23ClFN3O2S. The molecule has 0 atom stereocenters. The van der Waals surface area contributed by atoms with Crippen molar-refractivity contribution in [3.8, 4) is 0 Å². The molecule has 0 fully saturated rings. The van der Waals surface area contributed by atoms with Crippen LogP contribution in [0.5, 0.6) is 0 Å². The van der Waals surface area contributed by atoms with Crippen LogP contribution in [0.3, 0.4) is 0 Å². The van der Waals surface area contributed by atoms with Crippen LogP contribution in [0.25, 0.3) is 10.9 Å². The van der Waals surface area contributed by atoms with Gasteiger partial charge >= 0.3 is 0 Å². The van der Waals surface area contributed by atoms with Gasteiger partial charge in [0, 0.05) is 22.9 Å². The van der Waals surface area contributed by atoms with Gasteiger partial charge in [-0.3, -0.25) is 14.2 Å². The van der Waals surface area contributed by atoms with E-state index in [9.17, 15) is 14.0 Å². The molecule has 0 bridgehead atoms. The van der Waals surface area contributed by atoms with Crippen LogP contribution in [0, 0.1) is 5.82 Å². The topological polar surface area (TPSA) is 64.0 Å². The number of nitrogens with one attached hydrogen (secondary N) is 1. The molecule has 0 aliphatic heterocycles. The molecule has 0 radical (unpaired) electrons. The molecule has 1 N–H and O–H groups in total. The standard InChI is InChI=1S/C26H23ClFN3O2S/c1-2-12-29-24(32)18-9-11-21-23(13-18)30-26(34-16-19-8-10-20(28)14-22(19)27)31(25(21)33)15-17-6-4-3-5-7-17/h3-11,13-14H,2,12,15-16H2,1H3,(H,29,32). The summed E-state index contributed by atoms with van der Waals surface area (Å²) in [5, 5.41) is 4.09. The first-order valence-electron chi connectivity index (χ1n) is 10.9. The molecule has 0 aliphatic carbocycles. The molecule has 0 saturated heterocycles. The highest BCUT2D eigenvalue weighted by Gasteiger charge is 2.15. The Morgan fingerprint density at radius 2 is 1.91 bits per heavy atom. The Kier molecular flexibility index (Phi) is 7.65. The lowest BCUT2D eigenvalue weighted by Gasteiger charge is -2.14. The maximum atomic E-state index is 13.5. The molecule has 4 aromatic rings. The van der Waals surface area contributed by atoms with E-state index in [4.69, 9.17) is 16.6 Å². The van der Waals surface area contributed by atoms with E-state index in [0.717, 1.165) is 17.5 Å². The zero-order chi connectivity index (χ0) is 24.1. The molecule has 0 saturated carbocycles. The third-order valence-electron chi connectivity index (χ3n) is 5.27. The Balaban J connectivity index is 1.75. The molecule has 174 valence electrons. The molecule has 0 aliphatic rings. The molecule has 0 spiro atoms. The van der Waals surface area contributed by atoms with Crippen LogP contribution in [0.2, 0.25) is 5.02 Å². The second-order valence-electron chi connectivity index (χ2n) is 7.78. The second-order valence-corrected chi connectivity index (χ2v) is 9.13. The highest BCUT2D eigenvalue weighted by atomic mass is 35.5. The minimum absolute atomic E-state index is 0.193. The average molecular weight is 496 g/mol. The predicted octanol–water partition coefficient (Wildman–Crippen LogP) is 5.67. The van der Waals surface area contributed by atoms with Crippen LogP contribution in [-0.2, 0) is 12.3 Å². The van der Waals surface area contributed by atoms with E-state index in [2.05, 4.69) is 5.32 Å². The summed E-state index contributed by atoms with van der Waals surface area (Å²) in [5.41, 5.74) is 2.41. The Labute approximate surface area is 206 Å². The van der Waals surface area contributed by atoms with E-state index in [-0.39, 0.29) is 11.5 Å². The van der Waals surface area contributed by atoms with Gasteiger partial charge in [0.25, 0.3) is 11.5 Å². The minimum atomic E-state index is -0.405. The molecule has 3 aromatic carbocycles. The predicted molar refractivity (Wildman–Crippen MR) is 135 cm³/mol. The molecular weight excluding hydrogens is 473 g/mol. The minimum Gasteiger partial charge on any atom is -0.352 e. The Morgan fingerprint density at radius 3 is 2.65 bits per heavy atom. The lowest BCUT2D eigenvalue weighted by Crippen LogP contribution is -2.26. The number of aromatic nitrogens is 2. The van der Waals surface area contributed by atoms with Gasteiger partial charge in [-0.05, 0) is 47.9 Å². The normalized spacial score (nSPS) is 11.0. The summed E-state index contributed by atoms with van der Waals surface area (Å²) in [6.07, 6.45) is 0.828. The summed E-state index contributed by atoms with van der Waals surface area (Å²) >= 11 is 7.54. The SMILES string of the molecule is CCCNC(=O)c1ccc2c(=O)n(Cc3ccccc3)c(SCc3ccc(F)cc3Cl)nc2c1. The molecule has 34 heavy (non-hydrogen) atoms. The summed E-state index contributed by atoms with van der Waals surface area (Å²) in [7, 11) is 0. The molecule has 0 unspecified atom stereocenters. The van der Waals surface area contributed by atoms with Crippen molar-refractivity contribution in [1.82, 2.24) is 14.9 Å². The van der Waals surface area contributed by atoms with Crippen LogP contribution in [0.4, 0.5) is 4.39 Å². The number of carbonyl (C=O) groups is 1. The van der Waals surface area contributed by atoms with Crippen LogP contribution in [0.15, 0.2) is 76.7 Å². The first kappa shape index (κ1) is 24.0. The second kappa shape index (κ2) is 10.8. The Morgan fingerprint density at radius 1 is 1.12 bits per heavy atom. The molecule has 1 heterocycles. The molecule has 1 aromatic heterocycles. The summed E-state index contributed by atoms with van der Waals surface area (Å²) in [5.74, 6) is -0.202. The summed E-state index contributed by atoms with van der Waals surface area (Å²) in [6, 6.07) is 18.8. The Hall–Kier alpha value is -3.16. The fourth-order valence-electron chi connectivity index (χ4n) is 3.48. The van der Waals surface area contributed by atoms with Crippen molar-refractivity contribution in [1.29, 1.82) is 0 Å². The number of benzene rings is 3. The van der Waals surface area contributed by atoms with Gasteiger partial charge in [-0.2, -0.15) is 0 Å². The Bertz CT molecular complexity index is 1390. The average Bonchev–Trinajstić information content (AvgIpc) is 2.84. The van der Waals surface area contributed by atoms with Gasteiger partial charge in [-0.1, -0.05) is 66.7 Å². The van der Waals surface area contributed by atoms with E-state index in [1.807, 2.05) is 37.3 Å². The number of hydrogen-bond donors (Lipinski definition) is 1. The van der Waals surface area contributed by atoms with Crippen molar-refractivity contribution in [2.75, 3.05) is 6.54 Å². The fourth-order valence-corrected chi connectivity index (χ4v) is 4.79. The zero-order valence-electron chi connectivity index (χ0n) is 18.6. The quantitative estimate of drug-likeness (QED) is 0.253. The van der Waals surface area contributed by atoms with E-state index in [1.165, 1.54) is 23.9 Å². The van der Waals surface area contributed by atoms with Gasteiger partial charge < -0.3 is 5.32 Å². The smallest absolute Gasteiger partial charge is 0.262 e. The van der Waals surface area contributed by atoms with E-state index in [0.29, 0.717) is 45.5 Å². The number of carbonyl (C=O) groups excluding carboxylic acids is 1. The van der Waals surface area contributed by atoms with Gasteiger partial charge in [0.15, 0.2) is 5.16 Å².